The number of urea groups is 1. The fraction of sp³-hybridized carbons (Fsp3) is 0.676. The Labute approximate surface area is 290 Å². The number of carbonyl (C=O) groups excluding carboxylic acids is 6. The molecule has 1 aliphatic heterocycles. The van der Waals surface area contributed by atoms with Gasteiger partial charge >= 0.3 is 6.03 Å². The van der Waals surface area contributed by atoms with Gasteiger partial charge in [0.25, 0.3) is 5.91 Å². The monoisotopic (exact) mass is 680 g/mol. The van der Waals surface area contributed by atoms with Crippen molar-refractivity contribution in [3.8, 4) is 0 Å². The molecule has 0 radical (unpaired) electrons. The highest BCUT2D eigenvalue weighted by Crippen LogP contribution is 2.35. The number of nitrogens with one attached hydrogen (secondary N) is 4. The Morgan fingerprint density at radius 1 is 0.878 bits per heavy atom. The number of amides is 6. The number of Topliss-reactive ketones (excluding diaryl/α,β-unsaturated/α-hetero) is 1. The van der Waals surface area contributed by atoms with Crippen LogP contribution in [0.1, 0.15) is 98.0 Å². The number of hydrogen-bond acceptors (Lipinski definition) is 6. The summed E-state index contributed by atoms with van der Waals surface area (Å²) in [6, 6.07) is 5.17. The number of primary amides is 1. The Morgan fingerprint density at radius 2 is 1.53 bits per heavy atom. The summed E-state index contributed by atoms with van der Waals surface area (Å²) in [5.74, 6) is -3.11. The van der Waals surface area contributed by atoms with E-state index >= 15 is 0 Å². The molecule has 12 nitrogen and oxygen atoms in total. The molecule has 1 aromatic carbocycles. The molecule has 3 aliphatic rings. The smallest absolute Gasteiger partial charge is 0.316 e. The van der Waals surface area contributed by atoms with E-state index in [1.165, 1.54) is 4.90 Å². The number of likely N-dealkylation sites (tertiary alicyclic amines) is 1. The van der Waals surface area contributed by atoms with Gasteiger partial charge in [-0.3, -0.25) is 24.0 Å². The summed E-state index contributed by atoms with van der Waals surface area (Å²) in [6.07, 6.45) is 7.32. The molecule has 2 saturated carbocycles. The Morgan fingerprint density at radius 3 is 2.08 bits per heavy atom. The fourth-order valence-corrected chi connectivity index (χ4v) is 7.53. The summed E-state index contributed by atoms with van der Waals surface area (Å²) in [4.78, 5) is 81.6. The van der Waals surface area contributed by atoms with Crippen LogP contribution in [0.4, 0.5) is 4.79 Å². The third-order valence-electron chi connectivity index (χ3n) is 10.7. The fourth-order valence-electron chi connectivity index (χ4n) is 7.53. The molecule has 5 atom stereocenters. The van der Waals surface area contributed by atoms with Gasteiger partial charge in [0.05, 0.1) is 6.04 Å². The molecule has 0 spiro atoms. The van der Waals surface area contributed by atoms with Crippen molar-refractivity contribution in [1.82, 2.24) is 26.2 Å². The second-order valence-electron chi connectivity index (χ2n) is 15.6. The molecule has 1 heterocycles. The standard InChI is InChI=1S/C37H56N6O6/c1-22(2)26-18-19-43(29(26)34(47)40-27(30(44)32(38)45)20-23-14-11-15-23)35(48)31(37(3,4)5)42-36(49)41-28(25-16-9-10-17-25)33(46)39-21-24-12-7-6-8-13-24/h6-8,12-13,22-23,25-29,31H,9-11,14-21H2,1-5H3,(H2,38,45)(H,39,46)(H,40,47)(H2,41,42,49)/t26?,27?,28-,29-,31+/m0/s1. The molecule has 1 saturated heterocycles. The topological polar surface area (TPSA) is 180 Å². The zero-order chi connectivity index (χ0) is 35.9. The summed E-state index contributed by atoms with van der Waals surface area (Å²) in [5, 5.41) is 11.5. The lowest BCUT2D eigenvalue weighted by atomic mass is 9.80. The zero-order valence-corrected chi connectivity index (χ0v) is 29.8. The lowest BCUT2D eigenvalue weighted by molar-refractivity contribution is -0.144. The second kappa shape index (κ2) is 16.6. The molecule has 2 unspecified atom stereocenters. The van der Waals surface area contributed by atoms with Crippen molar-refractivity contribution in [3.05, 3.63) is 35.9 Å². The van der Waals surface area contributed by atoms with Crippen LogP contribution in [-0.4, -0.2) is 71.1 Å². The summed E-state index contributed by atoms with van der Waals surface area (Å²) in [7, 11) is 0. The molecule has 6 N–H and O–H groups in total. The third kappa shape index (κ3) is 9.82. The summed E-state index contributed by atoms with van der Waals surface area (Å²) < 4.78 is 0. The van der Waals surface area contributed by atoms with Crippen LogP contribution in [0.5, 0.6) is 0 Å². The Balaban J connectivity index is 1.50. The molecule has 4 rings (SSSR count). The number of nitrogens with zero attached hydrogens (tertiary/aromatic N) is 1. The van der Waals surface area contributed by atoms with Crippen molar-refractivity contribution in [2.24, 2.45) is 34.8 Å². The van der Waals surface area contributed by atoms with E-state index in [-0.39, 0.29) is 29.6 Å². The zero-order valence-electron chi connectivity index (χ0n) is 29.8. The molecule has 12 heteroatoms. The van der Waals surface area contributed by atoms with Crippen LogP contribution in [0.25, 0.3) is 0 Å². The van der Waals surface area contributed by atoms with E-state index in [1.54, 1.807) is 0 Å². The van der Waals surface area contributed by atoms with Gasteiger partial charge in [-0.1, -0.05) is 97.1 Å². The molecular weight excluding hydrogens is 624 g/mol. The molecule has 270 valence electrons. The molecule has 0 aromatic heterocycles. The van der Waals surface area contributed by atoms with Gasteiger partial charge in [0.1, 0.15) is 18.1 Å². The maximum Gasteiger partial charge on any atom is 0.316 e. The molecule has 6 amide bonds. The molecule has 49 heavy (non-hydrogen) atoms. The first-order chi connectivity index (χ1) is 23.2. The van der Waals surface area contributed by atoms with Crippen LogP contribution in [0.3, 0.4) is 0 Å². The lowest BCUT2D eigenvalue weighted by Gasteiger charge is -2.37. The molecule has 1 aromatic rings. The molecule has 0 bridgehead atoms. The van der Waals surface area contributed by atoms with E-state index in [9.17, 15) is 28.8 Å². The second-order valence-corrected chi connectivity index (χ2v) is 15.6. The van der Waals surface area contributed by atoms with Gasteiger partial charge in [-0.2, -0.15) is 0 Å². The van der Waals surface area contributed by atoms with Gasteiger partial charge < -0.3 is 31.9 Å². The van der Waals surface area contributed by atoms with Gasteiger partial charge in [-0.05, 0) is 60.3 Å². The number of nitrogens with two attached hydrogens (primary N) is 1. The van der Waals surface area contributed by atoms with Crippen LogP contribution < -0.4 is 27.0 Å². The van der Waals surface area contributed by atoms with E-state index in [0.717, 1.165) is 50.5 Å². The highest BCUT2D eigenvalue weighted by molar-refractivity contribution is 6.37. The van der Waals surface area contributed by atoms with Crippen LogP contribution in [0.2, 0.25) is 0 Å². The third-order valence-corrected chi connectivity index (χ3v) is 10.7. The number of ketones is 1. The normalized spacial score (nSPS) is 21.7. The van der Waals surface area contributed by atoms with E-state index in [4.69, 9.17) is 5.73 Å². The van der Waals surface area contributed by atoms with Gasteiger partial charge in [-0.25, -0.2) is 4.79 Å². The first kappa shape index (κ1) is 37.9. The predicted octanol–water partition coefficient (Wildman–Crippen LogP) is 3.18. The van der Waals surface area contributed by atoms with Crippen molar-refractivity contribution in [2.45, 2.75) is 123 Å². The van der Waals surface area contributed by atoms with Crippen LogP contribution in [-0.2, 0) is 30.5 Å². The minimum atomic E-state index is -1.10. The van der Waals surface area contributed by atoms with Gasteiger partial charge in [0.15, 0.2) is 0 Å². The molecular formula is C37H56N6O6. The average molecular weight is 681 g/mol. The largest absolute Gasteiger partial charge is 0.363 e. The van der Waals surface area contributed by atoms with Crippen LogP contribution >= 0.6 is 0 Å². The number of rotatable bonds is 14. The van der Waals surface area contributed by atoms with Crippen molar-refractivity contribution in [1.29, 1.82) is 0 Å². The number of hydrogen-bond donors (Lipinski definition) is 5. The maximum absolute atomic E-state index is 14.4. The van der Waals surface area contributed by atoms with Gasteiger partial charge in [0, 0.05) is 13.1 Å². The van der Waals surface area contributed by atoms with E-state index in [0.29, 0.717) is 25.9 Å². The summed E-state index contributed by atoms with van der Waals surface area (Å²) >= 11 is 0. The minimum Gasteiger partial charge on any atom is -0.363 e. The van der Waals surface area contributed by atoms with Crippen LogP contribution in [0.15, 0.2) is 30.3 Å². The lowest BCUT2D eigenvalue weighted by Crippen LogP contribution is -2.62. The molecule has 2 aliphatic carbocycles. The summed E-state index contributed by atoms with van der Waals surface area (Å²) in [5.41, 5.74) is 5.54. The van der Waals surface area contributed by atoms with Gasteiger partial charge in [-0.15, -0.1) is 0 Å². The quantitative estimate of drug-likeness (QED) is 0.188. The Bertz CT molecular complexity index is 1350. The van der Waals surface area contributed by atoms with Crippen molar-refractivity contribution < 1.29 is 28.8 Å². The number of carbonyl (C=O) groups is 6. The summed E-state index contributed by atoms with van der Waals surface area (Å²) in [6.45, 7) is 10.1. The maximum atomic E-state index is 14.4. The first-order valence-electron chi connectivity index (χ1n) is 18.0. The number of benzene rings is 1. The Kier molecular flexibility index (Phi) is 12.8. The highest BCUT2D eigenvalue weighted by Gasteiger charge is 2.48. The molecule has 3 fully saturated rings. The van der Waals surface area contributed by atoms with Gasteiger partial charge in [0.2, 0.25) is 23.5 Å². The minimum absolute atomic E-state index is 0.0280. The SMILES string of the molecule is CC(C)C1CCN(C(=O)[C@@H](NC(=O)N[C@H](C(=O)NCc2ccccc2)C2CCCC2)C(C)(C)C)[C@@H]1C(=O)NC(CC1CCC1)C(=O)C(N)=O. The van der Waals surface area contributed by atoms with Crippen molar-refractivity contribution >= 4 is 35.4 Å². The average Bonchev–Trinajstić information content (AvgIpc) is 3.73. The first-order valence-corrected chi connectivity index (χ1v) is 18.0. The van der Waals surface area contributed by atoms with Crippen molar-refractivity contribution in [2.75, 3.05) is 6.54 Å². The van der Waals surface area contributed by atoms with Crippen molar-refractivity contribution in [3.63, 3.8) is 0 Å². The Hall–Kier alpha value is -3.96. The van der Waals surface area contributed by atoms with E-state index in [1.807, 2.05) is 65.0 Å². The predicted molar refractivity (Wildman–Crippen MR) is 185 cm³/mol. The van der Waals surface area contributed by atoms with E-state index < -0.39 is 59.1 Å². The van der Waals surface area contributed by atoms with Crippen LogP contribution in [0, 0.1) is 29.1 Å². The van der Waals surface area contributed by atoms with E-state index in [2.05, 4.69) is 21.3 Å². The highest BCUT2D eigenvalue weighted by atomic mass is 16.2.